The minimum Gasteiger partial charge on any atom is -0.387 e. The van der Waals surface area contributed by atoms with Gasteiger partial charge in [-0.15, -0.1) is 0 Å². The molecular formula is C21H29N3O. The Bertz CT molecular complexity index is 645. The average molecular weight is 339 g/mol. The molecule has 2 aromatic rings. The Kier molecular flexibility index (Phi) is 6.42. The zero-order valence-electron chi connectivity index (χ0n) is 15.1. The van der Waals surface area contributed by atoms with Gasteiger partial charge in [0, 0.05) is 19.6 Å². The number of anilines is 1. The second kappa shape index (κ2) is 8.97. The molecule has 4 nitrogen and oxygen atoms in total. The second-order valence-corrected chi connectivity index (χ2v) is 6.87. The highest BCUT2D eigenvalue weighted by Crippen LogP contribution is 2.18. The fraction of sp³-hybridized carbons (Fsp3) is 0.476. The minimum absolute atomic E-state index is 0.513. The van der Waals surface area contributed by atoms with Gasteiger partial charge in [0.1, 0.15) is 5.82 Å². The first-order valence-corrected chi connectivity index (χ1v) is 9.38. The lowest BCUT2D eigenvalue weighted by molar-refractivity contribution is 0.194. The Balaban J connectivity index is 1.49. The van der Waals surface area contributed by atoms with Crippen LogP contribution >= 0.6 is 0 Å². The zero-order chi connectivity index (χ0) is 17.5. The van der Waals surface area contributed by atoms with Crippen LogP contribution in [-0.2, 0) is 6.42 Å². The van der Waals surface area contributed by atoms with E-state index in [1.54, 1.807) is 6.92 Å². The van der Waals surface area contributed by atoms with Crippen LogP contribution in [0.4, 0.5) is 5.82 Å². The minimum atomic E-state index is -0.513. The zero-order valence-corrected chi connectivity index (χ0v) is 15.1. The quantitative estimate of drug-likeness (QED) is 0.877. The van der Waals surface area contributed by atoms with Crippen molar-refractivity contribution in [2.45, 2.75) is 32.3 Å². The maximum absolute atomic E-state index is 9.75. The summed E-state index contributed by atoms with van der Waals surface area (Å²) in [7, 11) is 0. The van der Waals surface area contributed by atoms with Gasteiger partial charge >= 0.3 is 0 Å². The van der Waals surface area contributed by atoms with Crippen molar-refractivity contribution in [3.05, 3.63) is 59.8 Å². The fourth-order valence-corrected chi connectivity index (χ4v) is 3.42. The average Bonchev–Trinajstić information content (AvgIpc) is 2.88. The molecule has 3 rings (SSSR count). The fourth-order valence-electron chi connectivity index (χ4n) is 3.42. The van der Waals surface area contributed by atoms with Crippen molar-refractivity contribution in [3.8, 4) is 0 Å². The van der Waals surface area contributed by atoms with Crippen LogP contribution in [-0.4, -0.2) is 47.7 Å². The number of hydrogen-bond acceptors (Lipinski definition) is 4. The lowest BCUT2D eigenvalue weighted by Crippen LogP contribution is -2.32. The van der Waals surface area contributed by atoms with E-state index in [0.29, 0.717) is 0 Å². The molecule has 0 radical (unpaired) electrons. The standard InChI is InChI=1S/C21H29N3O/c1-18(25)20-11-5-12-21(22-20)24-15-7-14-23(16-17-24)13-6-10-19-8-3-2-4-9-19/h2-5,8-9,11-12,18,25H,6-7,10,13-17H2,1H3. The van der Waals surface area contributed by atoms with Crippen molar-refractivity contribution in [2.24, 2.45) is 0 Å². The molecule has 0 aliphatic carbocycles. The van der Waals surface area contributed by atoms with Crippen LogP contribution in [0.5, 0.6) is 0 Å². The summed E-state index contributed by atoms with van der Waals surface area (Å²) in [6.07, 6.45) is 3.01. The summed E-state index contributed by atoms with van der Waals surface area (Å²) in [5, 5.41) is 9.75. The number of hydrogen-bond donors (Lipinski definition) is 1. The SMILES string of the molecule is CC(O)c1cccc(N2CCCN(CCCc3ccccc3)CC2)n1. The van der Waals surface area contributed by atoms with Gasteiger partial charge in [-0.1, -0.05) is 36.4 Å². The maximum atomic E-state index is 9.75. The third-order valence-electron chi connectivity index (χ3n) is 4.88. The number of aryl methyl sites for hydroxylation is 1. The number of nitrogens with zero attached hydrogens (tertiary/aromatic N) is 3. The third-order valence-corrected chi connectivity index (χ3v) is 4.88. The molecule has 25 heavy (non-hydrogen) atoms. The van der Waals surface area contributed by atoms with Crippen molar-refractivity contribution < 1.29 is 5.11 Å². The normalized spacial score (nSPS) is 17.3. The first kappa shape index (κ1) is 17.9. The Morgan fingerprint density at radius 1 is 1.00 bits per heavy atom. The van der Waals surface area contributed by atoms with E-state index >= 15 is 0 Å². The molecule has 0 saturated carbocycles. The van der Waals surface area contributed by atoms with Gasteiger partial charge < -0.3 is 14.9 Å². The van der Waals surface area contributed by atoms with Crippen LogP contribution < -0.4 is 4.90 Å². The van der Waals surface area contributed by atoms with Crippen LogP contribution in [0.3, 0.4) is 0 Å². The summed E-state index contributed by atoms with van der Waals surface area (Å²) in [6.45, 7) is 7.19. The highest BCUT2D eigenvalue weighted by molar-refractivity contribution is 5.39. The van der Waals surface area contributed by atoms with E-state index in [2.05, 4.69) is 51.2 Å². The highest BCUT2D eigenvalue weighted by Gasteiger charge is 2.16. The maximum Gasteiger partial charge on any atom is 0.128 e. The molecule has 1 atom stereocenters. The summed E-state index contributed by atoms with van der Waals surface area (Å²) in [4.78, 5) is 9.54. The third kappa shape index (κ3) is 5.28. The van der Waals surface area contributed by atoms with E-state index in [9.17, 15) is 5.11 Å². The van der Waals surface area contributed by atoms with E-state index in [4.69, 9.17) is 0 Å². The van der Waals surface area contributed by atoms with Crippen LogP contribution in [0.25, 0.3) is 0 Å². The van der Waals surface area contributed by atoms with Gasteiger partial charge in [-0.25, -0.2) is 4.98 Å². The van der Waals surface area contributed by atoms with Gasteiger partial charge in [-0.05, 0) is 57.0 Å². The first-order chi connectivity index (χ1) is 12.2. The van der Waals surface area contributed by atoms with E-state index < -0.39 is 6.10 Å². The molecule has 1 aromatic heterocycles. The van der Waals surface area contributed by atoms with Crippen molar-refractivity contribution >= 4 is 5.82 Å². The molecule has 1 aromatic carbocycles. The number of aliphatic hydroxyl groups is 1. The number of benzene rings is 1. The van der Waals surface area contributed by atoms with E-state index in [0.717, 1.165) is 57.1 Å². The second-order valence-electron chi connectivity index (χ2n) is 6.87. The number of aliphatic hydroxyl groups excluding tert-OH is 1. The monoisotopic (exact) mass is 339 g/mol. The molecule has 1 saturated heterocycles. The summed E-state index contributed by atoms with van der Waals surface area (Å²) in [5.74, 6) is 0.990. The molecule has 0 amide bonds. The molecule has 2 heterocycles. The molecule has 1 fully saturated rings. The number of pyridine rings is 1. The Hall–Kier alpha value is -1.91. The first-order valence-electron chi connectivity index (χ1n) is 9.38. The molecule has 0 bridgehead atoms. The molecule has 4 heteroatoms. The lowest BCUT2D eigenvalue weighted by atomic mass is 10.1. The van der Waals surface area contributed by atoms with Crippen LogP contribution in [0, 0.1) is 0 Å². The molecule has 1 aliphatic heterocycles. The van der Waals surface area contributed by atoms with Crippen molar-refractivity contribution in [1.82, 2.24) is 9.88 Å². The molecule has 1 aliphatic rings. The molecule has 134 valence electrons. The van der Waals surface area contributed by atoms with Crippen LogP contribution in [0.1, 0.15) is 37.1 Å². The Labute approximate surface area is 151 Å². The summed E-state index contributed by atoms with van der Waals surface area (Å²) < 4.78 is 0. The molecule has 1 N–H and O–H groups in total. The van der Waals surface area contributed by atoms with E-state index in [1.165, 1.54) is 12.0 Å². The topological polar surface area (TPSA) is 39.6 Å². The molecule has 1 unspecified atom stereocenters. The Morgan fingerprint density at radius 2 is 1.84 bits per heavy atom. The predicted molar refractivity (Wildman–Crippen MR) is 103 cm³/mol. The van der Waals surface area contributed by atoms with Crippen molar-refractivity contribution in [1.29, 1.82) is 0 Å². The van der Waals surface area contributed by atoms with Crippen molar-refractivity contribution in [2.75, 3.05) is 37.6 Å². The van der Waals surface area contributed by atoms with Gasteiger partial charge in [0.2, 0.25) is 0 Å². The van der Waals surface area contributed by atoms with Gasteiger partial charge in [-0.2, -0.15) is 0 Å². The Morgan fingerprint density at radius 3 is 2.64 bits per heavy atom. The van der Waals surface area contributed by atoms with Gasteiger partial charge in [-0.3, -0.25) is 0 Å². The predicted octanol–water partition coefficient (Wildman–Crippen LogP) is 3.28. The summed E-state index contributed by atoms with van der Waals surface area (Å²) in [5.41, 5.74) is 2.18. The molecule has 0 spiro atoms. The lowest BCUT2D eigenvalue weighted by Gasteiger charge is -2.23. The van der Waals surface area contributed by atoms with Crippen molar-refractivity contribution in [3.63, 3.8) is 0 Å². The summed E-state index contributed by atoms with van der Waals surface area (Å²) in [6, 6.07) is 16.7. The summed E-state index contributed by atoms with van der Waals surface area (Å²) >= 11 is 0. The largest absolute Gasteiger partial charge is 0.387 e. The van der Waals surface area contributed by atoms with E-state index in [1.807, 2.05) is 12.1 Å². The highest BCUT2D eigenvalue weighted by atomic mass is 16.3. The van der Waals surface area contributed by atoms with Gasteiger partial charge in [0.25, 0.3) is 0 Å². The smallest absolute Gasteiger partial charge is 0.128 e. The van der Waals surface area contributed by atoms with Gasteiger partial charge in [0.05, 0.1) is 11.8 Å². The molecular weight excluding hydrogens is 310 g/mol. The number of rotatable bonds is 6. The van der Waals surface area contributed by atoms with Crippen LogP contribution in [0.2, 0.25) is 0 Å². The van der Waals surface area contributed by atoms with Crippen LogP contribution in [0.15, 0.2) is 48.5 Å². The number of aromatic nitrogens is 1. The van der Waals surface area contributed by atoms with E-state index in [-0.39, 0.29) is 0 Å². The van der Waals surface area contributed by atoms with Gasteiger partial charge in [0.15, 0.2) is 0 Å².